The molecule has 0 aromatic heterocycles. The molecule has 0 aliphatic rings. The molecule has 0 fully saturated rings. The number of primary amides is 1. The molecule has 8 heavy (non-hydrogen) atoms. The van der Waals surface area contributed by atoms with Crippen LogP contribution in [0.4, 0.5) is 0 Å². The molecule has 4 heteroatoms. The van der Waals surface area contributed by atoms with Crippen LogP contribution in [-0.4, -0.2) is 11.0 Å². The molecular weight excluding hydrogens is 108 g/mol. The molecule has 0 aromatic carbocycles. The minimum absolute atomic E-state index is 0.238. The molecular formula is C4H8N2O2. The molecule has 5 N–H and O–H groups in total. The maximum absolute atomic E-state index is 10.0. The quantitative estimate of drug-likeness (QED) is 0.310. The zero-order chi connectivity index (χ0) is 6.73. The van der Waals surface area contributed by atoms with Gasteiger partial charge in [0.15, 0.2) is 0 Å². The summed E-state index contributed by atoms with van der Waals surface area (Å²) in [5.74, 6) is -1.04. The van der Waals surface area contributed by atoms with Crippen LogP contribution in [-0.2, 0) is 4.79 Å². The Labute approximate surface area is 46.8 Å². The summed E-state index contributed by atoms with van der Waals surface area (Å²) in [6, 6.07) is 0. The van der Waals surface area contributed by atoms with Gasteiger partial charge in [-0.05, 0) is 6.92 Å². The van der Waals surface area contributed by atoms with Gasteiger partial charge >= 0.3 is 0 Å². The number of nitrogens with two attached hydrogens (primary N) is 2. The van der Waals surface area contributed by atoms with Gasteiger partial charge in [-0.15, -0.1) is 0 Å². The van der Waals surface area contributed by atoms with Crippen molar-refractivity contribution in [3.8, 4) is 0 Å². The van der Waals surface area contributed by atoms with Crippen LogP contribution in [0.2, 0.25) is 0 Å². The van der Waals surface area contributed by atoms with E-state index >= 15 is 0 Å². The van der Waals surface area contributed by atoms with Gasteiger partial charge in [0.25, 0.3) is 5.91 Å². The summed E-state index contributed by atoms with van der Waals surface area (Å²) in [4.78, 5) is 10.0. The fourth-order valence-corrected chi connectivity index (χ4v) is 0.178. The maximum Gasteiger partial charge on any atom is 0.268 e. The molecule has 0 saturated carbocycles. The second kappa shape index (κ2) is 2.20. The summed E-state index contributed by atoms with van der Waals surface area (Å²) in [6.45, 7) is 1.29. The molecule has 0 radical (unpaired) electrons. The number of allylic oxidation sites excluding steroid dienone is 1. The smallest absolute Gasteiger partial charge is 0.268 e. The van der Waals surface area contributed by atoms with Gasteiger partial charge in [0.05, 0.1) is 0 Å². The fraction of sp³-hybridized carbons (Fsp3) is 0.250. The van der Waals surface area contributed by atoms with Gasteiger partial charge in [0, 0.05) is 0 Å². The fourth-order valence-electron chi connectivity index (χ4n) is 0.178. The van der Waals surface area contributed by atoms with Gasteiger partial charge in [-0.3, -0.25) is 4.79 Å². The van der Waals surface area contributed by atoms with E-state index in [2.05, 4.69) is 5.73 Å². The molecule has 1 amide bonds. The average molecular weight is 116 g/mol. The van der Waals surface area contributed by atoms with E-state index in [1.165, 1.54) is 6.92 Å². The first-order valence-electron chi connectivity index (χ1n) is 2.01. The molecule has 0 aromatic rings. The number of aliphatic hydroxyl groups excluding tert-OH is 1. The highest BCUT2D eigenvalue weighted by Gasteiger charge is 2.00. The summed E-state index contributed by atoms with van der Waals surface area (Å²) in [5, 5.41) is 8.45. The monoisotopic (exact) mass is 116 g/mol. The summed E-state index contributed by atoms with van der Waals surface area (Å²) >= 11 is 0. The van der Waals surface area contributed by atoms with E-state index in [1.54, 1.807) is 0 Å². The second-order valence-corrected chi connectivity index (χ2v) is 1.36. The van der Waals surface area contributed by atoms with Crippen molar-refractivity contribution < 1.29 is 9.90 Å². The number of rotatable bonds is 1. The van der Waals surface area contributed by atoms with Crippen molar-refractivity contribution in [3.05, 3.63) is 11.5 Å². The van der Waals surface area contributed by atoms with Crippen LogP contribution < -0.4 is 11.5 Å². The third-order valence-electron chi connectivity index (χ3n) is 0.655. The third kappa shape index (κ3) is 1.51. The van der Waals surface area contributed by atoms with Gasteiger partial charge < -0.3 is 16.6 Å². The lowest BCUT2D eigenvalue weighted by atomic mass is 10.4. The zero-order valence-electron chi connectivity index (χ0n) is 4.51. The van der Waals surface area contributed by atoms with E-state index in [1.807, 2.05) is 0 Å². The van der Waals surface area contributed by atoms with Gasteiger partial charge in [0.2, 0.25) is 0 Å². The maximum atomic E-state index is 10.0. The molecule has 0 rings (SSSR count). The molecule has 0 unspecified atom stereocenters. The minimum Gasteiger partial charge on any atom is -0.510 e. The summed E-state index contributed by atoms with van der Waals surface area (Å²) in [5.41, 5.74) is 9.28. The van der Waals surface area contributed by atoms with Crippen molar-refractivity contribution in [3.63, 3.8) is 0 Å². The highest BCUT2D eigenvalue weighted by Crippen LogP contribution is 1.88. The Morgan fingerprint density at radius 2 is 1.88 bits per heavy atom. The topological polar surface area (TPSA) is 89.3 Å². The molecule has 0 aliphatic carbocycles. The lowest BCUT2D eigenvalue weighted by Crippen LogP contribution is -2.21. The van der Waals surface area contributed by atoms with Crippen LogP contribution in [0.1, 0.15) is 6.92 Å². The van der Waals surface area contributed by atoms with Gasteiger partial charge in [0.1, 0.15) is 11.5 Å². The van der Waals surface area contributed by atoms with Crippen LogP contribution >= 0.6 is 0 Å². The Bertz CT molecular complexity index is 135. The Morgan fingerprint density at radius 1 is 1.50 bits per heavy atom. The molecule has 0 spiro atoms. The van der Waals surface area contributed by atoms with Crippen molar-refractivity contribution in [1.29, 1.82) is 0 Å². The van der Waals surface area contributed by atoms with E-state index in [0.717, 1.165) is 0 Å². The molecule has 0 atom stereocenters. The van der Waals surface area contributed by atoms with Crippen molar-refractivity contribution >= 4 is 5.91 Å². The number of carbonyl (C=O) groups is 1. The van der Waals surface area contributed by atoms with E-state index in [-0.39, 0.29) is 11.5 Å². The van der Waals surface area contributed by atoms with E-state index in [9.17, 15) is 4.79 Å². The lowest BCUT2D eigenvalue weighted by Gasteiger charge is -1.93. The van der Waals surface area contributed by atoms with Crippen LogP contribution in [0, 0.1) is 0 Å². The second-order valence-electron chi connectivity index (χ2n) is 1.36. The molecule has 4 nitrogen and oxygen atoms in total. The van der Waals surface area contributed by atoms with Gasteiger partial charge in [-0.25, -0.2) is 0 Å². The van der Waals surface area contributed by atoms with Gasteiger partial charge in [-0.1, -0.05) is 0 Å². The first-order valence-corrected chi connectivity index (χ1v) is 2.01. The Balaban J connectivity index is 4.23. The van der Waals surface area contributed by atoms with Crippen molar-refractivity contribution in [2.75, 3.05) is 0 Å². The summed E-state index contributed by atoms with van der Waals surface area (Å²) < 4.78 is 0. The summed E-state index contributed by atoms with van der Waals surface area (Å²) in [7, 11) is 0. The van der Waals surface area contributed by atoms with E-state index in [0.29, 0.717) is 0 Å². The molecule has 0 aliphatic heterocycles. The highest BCUT2D eigenvalue weighted by atomic mass is 16.3. The van der Waals surface area contributed by atoms with Crippen LogP contribution in [0.25, 0.3) is 0 Å². The molecule has 0 bridgehead atoms. The summed E-state index contributed by atoms with van der Waals surface area (Å²) in [6.07, 6.45) is 0. The Morgan fingerprint density at radius 3 is 1.88 bits per heavy atom. The first-order chi connectivity index (χ1) is 3.55. The third-order valence-corrected chi connectivity index (χ3v) is 0.655. The number of carbonyl (C=O) groups excluding carboxylic acids is 1. The number of amides is 1. The average Bonchev–Trinajstić information content (AvgIpc) is 1.64. The lowest BCUT2D eigenvalue weighted by molar-refractivity contribution is -0.114. The van der Waals surface area contributed by atoms with Crippen molar-refractivity contribution in [1.82, 2.24) is 0 Å². The number of hydrogen-bond acceptors (Lipinski definition) is 3. The Kier molecular flexibility index (Phi) is 1.88. The van der Waals surface area contributed by atoms with Crippen LogP contribution in [0.5, 0.6) is 0 Å². The van der Waals surface area contributed by atoms with Crippen molar-refractivity contribution in [2.45, 2.75) is 6.92 Å². The number of hydrogen-bond donors (Lipinski definition) is 3. The number of aliphatic hydroxyl groups is 1. The predicted molar refractivity (Wildman–Crippen MR) is 28.7 cm³/mol. The largest absolute Gasteiger partial charge is 0.510 e. The minimum atomic E-state index is -0.801. The Hall–Kier alpha value is -1.19. The molecule has 0 heterocycles. The van der Waals surface area contributed by atoms with Gasteiger partial charge in [-0.2, -0.15) is 0 Å². The van der Waals surface area contributed by atoms with Crippen LogP contribution in [0.3, 0.4) is 0 Å². The van der Waals surface area contributed by atoms with Crippen LogP contribution in [0.15, 0.2) is 11.5 Å². The van der Waals surface area contributed by atoms with E-state index in [4.69, 9.17) is 10.8 Å². The first kappa shape index (κ1) is 6.81. The normalized spacial score (nSPS) is 12.6. The standard InChI is InChI=1S/C4H8N2O2/c1-2(7)3(5)4(6)8/h7H,5H2,1H3,(H2,6,8). The highest BCUT2D eigenvalue weighted by molar-refractivity contribution is 5.91. The zero-order valence-corrected chi connectivity index (χ0v) is 4.51. The molecule has 46 valence electrons. The van der Waals surface area contributed by atoms with Crippen molar-refractivity contribution in [2.24, 2.45) is 11.5 Å². The molecule has 0 saturated heterocycles. The van der Waals surface area contributed by atoms with E-state index < -0.39 is 5.91 Å². The SMILES string of the molecule is CC(O)=C(N)C(N)=O. The predicted octanol–water partition coefficient (Wildman–Crippen LogP) is -0.780.